The zero-order valence-corrected chi connectivity index (χ0v) is 21.9. The second-order valence-electron chi connectivity index (χ2n) is 12.4. The summed E-state index contributed by atoms with van der Waals surface area (Å²) in [7, 11) is 1.70. The maximum Gasteiger partial charge on any atom is 0.231 e. The standard InChI is InChI=1S/C28H32ClN5O2/c1-27(2)10-22-17(7-15(11-30)34(22)13-27)16-8-23(32-12-21(16)29)33-26(36)28(3)9-20-18-5-14(25(35)31-4)6-19(20)24(18)28/h7-8,12,14,18-20,24H,5-6,9-10,13H2,1-4H3,(H,31,35)(H,32,33,36)/t14?,18-,19+,20?,24?,28?. The normalized spacial score (nSPS) is 32.8. The van der Waals surface area contributed by atoms with Gasteiger partial charge in [0.1, 0.15) is 17.6 Å². The molecule has 2 aromatic heterocycles. The van der Waals surface area contributed by atoms with Gasteiger partial charge in [-0.1, -0.05) is 32.4 Å². The molecule has 0 spiro atoms. The molecule has 8 rings (SSSR count). The first-order chi connectivity index (χ1) is 17.1. The van der Waals surface area contributed by atoms with Crippen LogP contribution in [0.25, 0.3) is 11.1 Å². The molecule has 2 N–H and O–H groups in total. The fraction of sp³-hybridized carbons (Fsp3) is 0.571. The van der Waals surface area contributed by atoms with Crippen molar-refractivity contribution >= 4 is 29.2 Å². The summed E-state index contributed by atoms with van der Waals surface area (Å²) in [5.74, 6) is 2.46. The van der Waals surface area contributed by atoms with Gasteiger partial charge in [0, 0.05) is 42.5 Å². The van der Waals surface area contributed by atoms with Crippen molar-refractivity contribution in [1.82, 2.24) is 14.9 Å². The minimum atomic E-state index is -0.454. The van der Waals surface area contributed by atoms with E-state index in [0.717, 1.165) is 49.0 Å². The predicted molar refractivity (Wildman–Crippen MR) is 137 cm³/mol. The highest BCUT2D eigenvalue weighted by atomic mass is 35.5. The van der Waals surface area contributed by atoms with E-state index < -0.39 is 5.41 Å². The van der Waals surface area contributed by atoms with Crippen LogP contribution in [-0.4, -0.2) is 28.4 Å². The fourth-order valence-electron chi connectivity index (χ4n) is 8.15. The molecule has 5 aliphatic carbocycles. The van der Waals surface area contributed by atoms with Gasteiger partial charge in [-0.05, 0) is 66.9 Å². The zero-order valence-electron chi connectivity index (χ0n) is 21.2. The van der Waals surface area contributed by atoms with Crippen molar-refractivity contribution in [2.45, 2.75) is 53.0 Å². The fourth-order valence-corrected chi connectivity index (χ4v) is 8.35. The number of pyridine rings is 1. The van der Waals surface area contributed by atoms with Gasteiger partial charge in [-0.15, -0.1) is 0 Å². The minimum absolute atomic E-state index is 0.00243. The van der Waals surface area contributed by atoms with Crippen LogP contribution < -0.4 is 10.6 Å². The number of aromatic nitrogens is 2. The van der Waals surface area contributed by atoms with Crippen LogP contribution in [0.15, 0.2) is 18.3 Å². The van der Waals surface area contributed by atoms with Gasteiger partial charge >= 0.3 is 0 Å². The maximum atomic E-state index is 13.6. The minimum Gasteiger partial charge on any atom is -0.359 e. The van der Waals surface area contributed by atoms with Gasteiger partial charge in [-0.2, -0.15) is 5.26 Å². The third-order valence-corrected chi connectivity index (χ3v) is 9.91. The molecule has 8 heteroatoms. The van der Waals surface area contributed by atoms with E-state index in [-0.39, 0.29) is 23.1 Å². The van der Waals surface area contributed by atoms with E-state index in [1.807, 2.05) is 12.1 Å². The van der Waals surface area contributed by atoms with Gasteiger partial charge in [0.15, 0.2) is 0 Å². The third kappa shape index (κ3) is 3.26. The van der Waals surface area contributed by atoms with Crippen molar-refractivity contribution in [2.75, 3.05) is 12.4 Å². The van der Waals surface area contributed by atoms with Crippen LogP contribution in [0, 0.1) is 51.8 Å². The lowest BCUT2D eigenvalue weighted by Crippen LogP contribution is -2.53. The summed E-state index contributed by atoms with van der Waals surface area (Å²) in [6.07, 6.45) is 5.07. The molecule has 5 fully saturated rings. The molecular formula is C28H32ClN5O2. The lowest BCUT2D eigenvalue weighted by Gasteiger charge is -2.54. The van der Waals surface area contributed by atoms with Crippen molar-refractivity contribution in [3.63, 3.8) is 0 Å². The summed E-state index contributed by atoms with van der Waals surface area (Å²) in [5.41, 5.74) is 3.07. The molecule has 6 atom stereocenters. The molecule has 4 unspecified atom stereocenters. The van der Waals surface area contributed by atoms with Gasteiger partial charge in [0.2, 0.25) is 11.8 Å². The highest BCUT2D eigenvalue weighted by Crippen LogP contribution is 2.72. The second-order valence-corrected chi connectivity index (χ2v) is 12.8. The van der Waals surface area contributed by atoms with Crippen LogP contribution in [0.3, 0.4) is 0 Å². The van der Waals surface area contributed by atoms with Gasteiger partial charge in [-0.3, -0.25) is 9.59 Å². The number of halogens is 1. The quantitative estimate of drug-likeness (QED) is 0.632. The Balaban J connectivity index is 1.24. The van der Waals surface area contributed by atoms with Gasteiger partial charge in [-0.25, -0.2) is 4.98 Å². The van der Waals surface area contributed by atoms with Crippen LogP contribution in [0.4, 0.5) is 5.82 Å². The molecule has 0 aromatic carbocycles. The molecular weight excluding hydrogens is 474 g/mol. The summed E-state index contributed by atoms with van der Waals surface area (Å²) >= 11 is 6.59. The molecule has 36 heavy (non-hydrogen) atoms. The molecule has 0 radical (unpaired) electrons. The second kappa shape index (κ2) is 7.82. The number of rotatable bonds is 4. The summed E-state index contributed by atoms with van der Waals surface area (Å²) in [5, 5.41) is 16.1. The Labute approximate surface area is 216 Å². The van der Waals surface area contributed by atoms with Gasteiger partial charge in [0.05, 0.1) is 10.4 Å². The van der Waals surface area contributed by atoms with Crippen LogP contribution >= 0.6 is 11.6 Å². The van der Waals surface area contributed by atoms with E-state index in [2.05, 4.69) is 47.0 Å². The average molecular weight is 506 g/mol. The first-order valence-electron chi connectivity index (χ1n) is 12.9. The summed E-state index contributed by atoms with van der Waals surface area (Å²) < 4.78 is 2.09. The Morgan fingerprint density at radius 1 is 1.17 bits per heavy atom. The Kier molecular flexibility index (Phi) is 5.12. The summed E-state index contributed by atoms with van der Waals surface area (Å²) in [6.45, 7) is 7.27. The number of amides is 2. The van der Waals surface area contributed by atoms with Crippen LogP contribution in [0.2, 0.25) is 5.02 Å². The third-order valence-electron chi connectivity index (χ3n) is 9.61. The van der Waals surface area contributed by atoms with E-state index in [0.29, 0.717) is 40.2 Å². The monoisotopic (exact) mass is 505 g/mol. The van der Waals surface area contributed by atoms with E-state index in [4.69, 9.17) is 11.6 Å². The maximum absolute atomic E-state index is 13.6. The molecule has 0 saturated heterocycles. The van der Waals surface area contributed by atoms with E-state index in [9.17, 15) is 14.9 Å². The van der Waals surface area contributed by atoms with E-state index in [1.54, 1.807) is 13.2 Å². The largest absolute Gasteiger partial charge is 0.359 e. The molecule has 3 heterocycles. The molecule has 1 aliphatic heterocycles. The van der Waals surface area contributed by atoms with Crippen molar-refractivity contribution in [3.8, 4) is 17.2 Å². The number of carbonyl (C=O) groups is 2. The number of hydrogen-bond acceptors (Lipinski definition) is 4. The Morgan fingerprint density at radius 3 is 2.56 bits per heavy atom. The topological polar surface area (TPSA) is 99.8 Å². The molecule has 7 nitrogen and oxygen atoms in total. The number of hydrogen-bond donors (Lipinski definition) is 2. The molecule has 6 aliphatic rings. The van der Waals surface area contributed by atoms with Crippen molar-refractivity contribution in [3.05, 3.63) is 34.7 Å². The number of nitriles is 1. The van der Waals surface area contributed by atoms with Crippen molar-refractivity contribution < 1.29 is 9.59 Å². The number of carbonyl (C=O) groups excluding carboxylic acids is 2. The lowest BCUT2D eigenvalue weighted by atomic mass is 9.50. The highest BCUT2D eigenvalue weighted by molar-refractivity contribution is 6.33. The molecule has 5 saturated carbocycles. The number of nitrogens with one attached hydrogen (secondary N) is 2. The first kappa shape index (κ1) is 23.5. The Hall–Kier alpha value is -2.85. The van der Waals surface area contributed by atoms with E-state index in [1.165, 1.54) is 0 Å². The zero-order chi connectivity index (χ0) is 25.6. The van der Waals surface area contributed by atoms with Crippen LogP contribution in [-0.2, 0) is 22.6 Å². The molecule has 4 bridgehead atoms. The van der Waals surface area contributed by atoms with Crippen LogP contribution in [0.5, 0.6) is 0 Å². The molecule has 2 amide bonds. The SMILES string of the molecule is CNC(=O)C1C[C@@H]2C3CC(C)(C(=O)Nc4cc(-c5cc(C#N)n6c5CC(C)(C)C6)c(Cl)cn4)C2[C@H]3C1. The van der Waals surface area contributed by atoms with Crippen molar-refractivity contribution in [1.29, 1.82) is 5.26 Å². The van der Waals surface area contributed by atoms with Crippen molar-refractivity contribution in [2.24, 2.45) is 40.4 Å². The molecule has 2 aromatic rings. The Morgan fingerprint density at radius 2 is 1.89 bits per heavy atom. The first-order valence-corrected chi connectivity index (χ1v) is 13.3. The van der Waals surface area contributed by atoms with Crippen LogP contribution in [0.1, 0.15) is 51.4 Å². The number of anilines is 1. The predicted octanol–water partition coefficient (Wildman–Crippen LogP) is 4.64. The molecule has 188 valence electrons. The highest BCUT2D eigenvalue weighted by Gasteiger charge is 2.70. The number of nitrogens with zero attached hydrogens (tertiary/aromatic N) is 3. The average Bonchev–Trinajstić information content (AvgIpc) is 3.55. The van der Waals surface area contributed by atoms with Gasteiger partial charge in [0.25, 0.3) is 0 Å². The number of fused-ring (bicyclic) bond motifs is 4. The summed E-state index contributed by atoms with van der Waals surface area (Å²) in [4.78, 5) is 30.2. The Bertz CT molecular complexity index is 1330. The van der Waals surface area contributed by atoms with Gasteiger partial charge < -0.3 is 15.2 Å². The lowest BCUT2D eigenvalue weighted by molar-refractivity contribution is -0.138. The summed E-state index contributed by atoms with van der Waals surface area (Å²) in [6, 6.07) is 6.05. The smallest absolute Gasteiger partial charge is 0.231 e. The van der Waals surface area contributed by atoms with E-state index >= 15 is 0 Å².